The van der Waals surface area contributed by atoms with Gasteiger partial charge in [-0.2, -0.15) is 0 Å². The van der Waals surface area contributed by atoms with Crippen LogP contribution < -0.4 is 0 Å². The second kappa shape index (κ2) is 4.77. The van der Waals surface area contributed by atoms with Crippen LogP contribution in [-0.4, -0.2) is 52.0 Å². The lowest BCUT2D eigenvalue weighted by molar-refractivity contribution is -0.137. The van der Waals surface area contributed by atoms with Crippen LogP contribution in [-0.2, 0) is 9.59 Å². The van der Waals surface area contributed by atoms with E-state index in [1.807, 2.05) is 6.92 Å². The van der Waals surface area contributed by atoms with Crippen LogP contribution in [0.5, 0.6) is 0 Å². The van der Waals surface area contributed by atoms with Crippen LogP contribution in [0.4, 0.5) is 0 Å². The fourth-order valence-electron chi connectivity index (χ4n) is 1.54. The molecule has 0 radical (unpaired) electrons. The van der Waals surface area contributed by atoms with E-state index in [-0.39, 0.29) is 18.9 Å². The predicted octanol–water partition coefficient (Wildman–Crippen LogP) is 0.0384. The third-order valence-electron chi connectivity index (χ3n) is 2.28. The van der Waals surface area contributed by atoms with Crippen molar-refractivity contribution in [3.8, 4) is 0 Å². The normalized spacial score (nSPS) is 20.2. The Labute approximate surface area is 87.2 Å². The van der Waals surface area contributed by atoms with Crippen molar-refractivity contribution in [3.63, 3.8) is 0 Å². The van der Waals surface area contributed by atoms with E-state index in [0.717, 1.165) is 0 Å². The van der Waals surface area contributed by atoms with Gasteiger partial charge in [-0.1, -0.05) is 0 Å². The van der Waals surface area contributed by atoms with E-state index < -0.39 is 11.9 Å². The van der Waals surface area contributed by atoms with E-state index in [0.29, 0.717) is 18.9 Å². The monoisotopic (exact) mass is 214 g/mol. The topological polar surface area (TPSA) is 90.2 Å². The molecule has 0 aromatic carbocycles. The number of nitrogens with zero attached hydrogens (tertiary/aromatic N) is 2. The van der Waals surface area contributed by atoms with Crippen LogP contribution in [0.15, 0.2) is 4.99 Å². The van der Waals surface area contributed by atoms with Gasteiger partial charge in [-0.05, 0) is 6.92 Å². The number of carboxylic acid groups (broad SMARTS) is 2. The lowest BCUT2D eigenvalue weighted by Crippen LogP contribution is -2.37. The van der Waals surface area contributed by atoms with E-state index in [9.17, 15) is 9.59 Å². The van der Waals surface area contributed by atoms with E-state index in [4.69, 9.17) is 10.2 Å². The van der Waals surface area contributed by atoms with Crippen LogP contribution in [0.25, 0.3) is 0 Å². The highest BCUT2D eigenvalue weighted by Gasteiger charge is 2.25. The number of rotatable bonds is 5. The van der Waals surface area contributed by atoms with Crippen molar-refractivity contribution in [2.45, 2.75) is 25.8 Å². The number of hydrogen-bond acceptors (Lipinski definition) is 4. The summed E-state index contributed by atoms with van der Waals surface area (Å²) in [6.45, 7) is 2.77. The van der Waals surface area contributed by atoms with E-state index in [1.54, 1.807) is 4.90 Å². The Balaban J connectivity index is 2.55. The number of amidine groups is 1. The van der Waals surface area contributed by atoms with E-state index >= 15 is 0 Å². The second-order valence-corrected chi connectivity index (χ2v) is 3.51. The molecule has 0 saturated heterocycles. The first kappa shape index (κ1) is 11.5. The smallest absolute Gasteiger partial charge is 0.310 e. The SMILES string of the molecule is CC1CN=C(CC(=O)O)N1CCC(=O)O. The average molecular weight is 214 g/mol. The first-order chi connectivity index (χ1) is 7.00. The quantitative estimate of drug-likeness (QED) is 0.674. The number of hydrogen-bond donors (Lipinski definition) is 2. The number of aliphatic imine (C=N–C) groups is 1. The standard InChI is InChI=1S/C9H14N2O4/c1-6-5-10-7(4-9(14)15)11(6)3-2-8(12)13/h6H,2-5H2,1H3,(H,12,13)(H,14,15). The molecule has 84 valence electrons. The Morgan fingerprint density at radius 3 is 2.67 bits per heavy atom. The van der Waals surface area contributed by atoms with Gasteiger partial charge < -0.3 is 15.1 Å². The average Bonchev–Trinajstić information content (AvgIpc) is 2.43. The summed E-state index contributed by atoms with van der Waals surface area (Å²) in [7, 11) is 0. The van der Waals surface area contributed by atoms with Gasteiger partial charge in [0.2, 0.25) is 0 Å². The minimum atomic E-state index is -0.942. The molecule has 1 atom stereocenters. The summed E-state index contributed by atoms with van der Waals surface area (Å²) in [6, 6.07) is 0.0960. The summed E-state index contributed by atoms with van der Waals surface area (Å²) in [4.78, 5) is 26.8. The van der Waals surface area contributed by atoms with Crippen LogP contribution in [0, 0.1) is 0 Å². The molecule has 1 heterocycles. The number of aliphatic carboxylic acids is 2. The third-order valence-corrected chi connectivity index (χ3v) is 2.28. The molecule has 0 aromatic heterocycles. The molecular formula is C9H14N2O4. The Morgan fingerprint density at radius 2 is 2.13 bits per heavy atom. The molecule has 2 N–H and O–H groups in total. The summed E-state index contributed by atoms with van der Waals surface area (Å²) in [5.74, 6) is -1.34. The Hall–Kier alpha value is -1.59. The minimum Gasteiger partial charge on any atom is -0.481 e. The third kappa shape index (κ3) is 3.23. The Kier molecular flexibility index (Phi) is 3.65. The zero-order valence-corrected chi connectivity index (χ0v) is 8.51. The summed E-state index contributed by atoms with van der Waals surface area (Å²) < 4.78 is 0. The summed E-state index contributed by atoms with van der Waals surface area (Å²) >= 11 is 0. The van der Waals surface area contributed by atoms with Crippen molar-refractivity contribution in [1.29, 1.82) is 0 Å². The molecule has 0 saturated carbocycles. The molecule has 0 spiro atoms. The molecule has 0 amide bonds. The maximum Gasteiger partial charge on any atom is 0.310 e. The minimum absolute atomic E-state index is 0.00296. The van der Waals surface area contributed by atoms with E-state index in [2.05, 4.69) is 4.99 Å². The molecule has 0 aromatic rings. The zero-order valence-electron chi connectivity index (χ0n) is 8.51. The van der Waals surface area contributed by atoms with Crippen LogP contribution >= 0.6 is 0 Å². The lowest BCUT2D eigenvalue weighted by Gasteiger charge is -2.23. The van der Waals surface area contributed by atoms with Crippen molar-refractivity contribution in [2.75, 3.05) is 13.1 Å². The van der Waals surface area contributed by atoms with Crippen molar-refractivity contribution in [3.05, 3.63) is 0 Å². The number of carbonyl (C=O) groups is 2. The lowest BCUT2D eigenvalue weighted by atomic mass is 10.2. The first-order valence-electron chi connectivity index (χ1n) is 4.74. The molecule has 1 aliphatic rings. The highest BCUT2D eigenvalue weighted by atomic mass is 16.4. The fourth-order valence-corrected chi connectivity index (χ4v) is 1.54. The van der Waals surface area contributed by atoms with Crippen molar-refractivity contribution >= 4 is 17.8 Å². The van der Waals surface area contributed by atoms with Crippen LogP contribution in [0.3, 0.4) is 0 Å². The molecular weight excluding hydrogens is 200 g/mol. The zero-order chi connectivity index (χ0) is 11.4. The van der Waals surface area contributed by atoms with Gasteiger partial charge in [-0.3, -0.25) is 14.6 Å². The summed E-state index contributed by atoms with van der Waals surface area (Å²) in [5.41, 5.74) is 0. The predicted molar refractivity (Wildman–Crippen MR) is 53.0 cm³/mol. The fraction of sp³-hybridized carbons (Fsp3) is 0.667. The summed E-state index contributed by atoms with van der Waals surface area (Å²) in [5, 5.41) is 17.2. The van der Waals surface area contributed by atoms with Crippen molar-refractivity contribution in [2.24, 2.45) is 4.99 Å². The van der Waals surface area contributed by atoms with Gasteiger partial charge in [0.05, 0.1) is 13.0 Å². The Morgan fingerprint density at radius 1 is 1.47 bits per heavy atom. The summed E-state index contributed by atoms with van der Waals surface area (Å²) in [6.07, 6.45) is -0.132. The highest BCUT2D eigenvalue weighted by molar-refractivity contribution is 5.98. The van der Waals surface area contributed by atoms with Gasteiger partial charge in [0.15, 0.2) is 0 Å². The van der Waals surface area contributed by atoms with Gasteiger partial charge >= 0.3 is 11.9 Å². The van der Waals surface area contributed by atoms with Crippen LogP contribution in [0.1, 0.15) is 19.8 Å². The number of carboxylic acids is 2. The van der Waals surface area contributed by atoms with Gasteiger partial charge in [0.25, 0.3) is 0 Å². The molecule has 1 rings (SSSR count). The molecule has 0 fully saturated rings. The van der Waals surface area contributed by atoms with E-state index in [1.165, 1.54) is 0 Å². The van der Waals surface area contributed by atoms with Gasteiger partial charge in [-0.25, -0.2) is 0 Å². The van der Waals surface area contributed by atoms with Crippen LogP contribution in [0.2, 0.25) is 0 Å². The first-order valence-corrected chi connectivity index (χ1v) is 4.74. The van der Waals surface area contributed by atoms with Gasteiger partial charge in [-0.15, -0.1) is 0 Å². The molecule has 1 aliphatic heterocycles. The second-order valence-electron chi connectivity index (χ2n) is 3.51. The largest absolute Gasteiger partial charge is 0.481 e. The molecule has 15 heavy (non-hydrogen) atoms. The van der Waals surface area contributed by atoms with Gasteiger partial charge in [0, 0.05) is 12.6 Å². The maximum atomic E-state index is 10.5. The molecule has 6 heteroatoms. The molecule has 0 aliphatic carbocycles. The van der Waals surface area contributed by atoms with Gasteiger partial charge in [0.1, 0.15) is 12.3 Å². The maximum absolute atomic E-state index is 10.5. The Bertz CT molecular complexity index is 300. The molecule has 0 bridgehead atoms. The van der Waals surface area contributed by atoms with Crippen molar-refractivity contribution in [1.82, 2.24) is 4.90 Å². The molecule has 1 unspecified atom stereocenters. The van der Waals surface area contributed by atoms with Crippen molar-refractivity contribution < 1.29 is 19.8 Å². The molecule has 6 nitrogen and oxygen atoms in total. The highest BCUT2D eigenvalue weighted by Crippen LogP contribution is 2.12.